The summed E-state index contributed by atoms with van der Waals surface area (Å²) in [4.78, 5) is 16.0. The largest absolute Gasteiger partial charge is 0.361 e. The molecule has 0 bridgehead atoms. The van der Waals surface area contributed by atoms with Gasteiger partial charge in [0.15, 0.2) is 5.82 Å². The SMILES string of the molecule is CCn1ccnc(NCc2ccccc2C)c1=O. The van der Waals surface area contributed by atoms with Gasteiger partial charge in [-0.3, -0.25) is 4.79 Å². The standard InChI is InChI=1S/C14H17N3O/c1-3-17-9-8-15-13(14(17)18)16-10-12-7-5-4-6-11(12)2/h4-9H,3,10H2,1-2H3,(H,15,16). The molecule has 0 atom stereocenters. The van der Waals surface area contributed by atoms with Crippen LogP contribution in [0, 0.1) is 6.92 Å². The van der Waals surface area contributed by atoms with E-state index in [1.165, 1.54) is 11.1 Å². The molecule has 0 radical (unpaired) electrons. The summed E-state index contributed by atoms with van der Waals surface area (Å²) in [5, 5.41) is 3.10. The van der Waals surface area contributed by atoms with Crippen molar-refractivity contribution in [2.24, 2.45) is 0 Å². The van der Waals surface area contributed by atoms with Crippen molar-refractivity contribution >= 4 is 5.82 Å². The maximum atomic E-state index is 11.9. The highest BCUT2D eigenvalue weighted by Gasteiger charge is 2.03. The molecule has 1 aromatic carbocycles. The molecular formula is C14H17N3O. The van der Waals surface area contributed by atoms with Crippen LogP contribution >= 0.6 is 0 Å². The average molecular weight is 243 g/mol. The van der Waals surface area contributed by atoms with E-state index < -0.39 is 0 Å². The van der Waals surface area contributed by atoms with Crippen LogP contribution in [-0.4, -0.2) is 9.55 Å². The van der Waals surface area contributed by atoms with Crippen molar-refractivity contribution in [2.75, 3.05) is 5.32 Å². The Morgan fingerprint density at radius 1 is 1.33 bits per heavy atom. The zero-order chi connectivity index (χ0) is 13.0. The number of benzene rings is 1. The van der Waals surface area contributed by atoms with Gasteiger partial charge in [-0.2, -0.15) is 0 Å². The fraction of sp³-hybridized carbons (Fsp3) is 0.286. The Morgan fingerprint density at radius 2 is 2.11 bits per heavy atom. The molecule has 0 saturated heterocycles. The highest BCUT2D eigenvalue weighted by atomic mass is 16.1. The topological polar surface area (TPSA) is 46.9 Å². The summed E-state index contributed by atoms with van der Waals surface area (Å²) >= 11 is 0. The number of aromatic nitrogens is 2. The maximum Gasteiger partial charge on any atom is 0.293 e. The van der Waals surface area contributed by atoms with E-state index in [2.05, 4.69) is 23.3 Å². The molecule has 1 N–H and O–H groups in total. The van der Waals surface area contributed by atoms with E-state index in [-0.39, 0.29) is 5.56 Å². The smallest absolute Gasteiger partial charge is 0.293 e. The van der Waals surface area contributed by atoms with Crippen LogP contribution in [-0.2, 0) is 13.1 Å². The van der Waals surface area contributed by atoms with Crippen LogP contribution in [0.3, 0.4) is 0 Å². The monoisotopic (exact) mass is 243 g/mol. The van der Waals surface area contributed by atoms with Crippen molar-refractivity contribution in [3.05, 3.63) is 58.1 Å². The first-order valence-electron chi connectivity index (χ1n) is 6.06. The van der Waals surface area contributed by atoms with Gasteiger partial charge < -0.3 is 9.88 Å². The summed E-state index contributed by atoms with van der Waals surface area (Å²) in [6.45, 7) is 5.26. The lowest BCUT2D eigenvalue weighted by Crippen LogP contribution is -2.23. The van der Waals surface area contributed by atoms with E-state index >= 15 is 0 Å². The molecular weight excluding hydrogens is 226 g/mol. The van der Waals surface area contributed by atoms with Gasteiger partial charge in [0.05, 0.1) is 0 Å². The second-order valence-electron chi connectivity index (χ2n) is 4.15. The first kappa shape index (κ1) is 12.4. The third kappa shape index (κ3) is 2.59. The second kappa shape index (κ2) is 5.49. The number of anilines is 1. The Balaban J connectivity index is 2.16. The summed E-state index contributed by atoms with van der Waals surface area (Å²) in [7, 11) is 0. The molecule has 0 unspecified atom stereocenters. The van der Waals surface area contributed by atoms with Crippen LogP contribution in [0.1, 0.15) is 18.1 Å². The molecule has 0 fully saturated rings. The van der Waals surface area contributed by atoms with Gasteiger partial charge in [0, 0.05) is 25.5 Å². The van der Waals surface area contributed by atoms with Gasteiger partial charge in [-0.25, -0.2) is 4.98 Å². The molecule has 0 amide bonds. The van der Waals surface area contributed by atoms with Crippen LogP contribution in [0.15, 0.2) is 41.5 Å². The quantitative estimate of drug-likeness (QED) is 0.895. The van der Waals surface area contributed by atoms with Crippen molar-refractivity contribution in [3.63, 3.8) is 0 Å². The van der Waals surface area contributed by atoms with Gasteiger partial charge in [-0.1, -0.05) is 24.3 Å². The Bertz CT molecular complexity index is 590. The molecule has 1 aromatic heterocycles. The molecule has 4 nitrogen and oxygen atoms in total. The maximum absolute atomic E-state index is 11.9. The Labute approximate surface area is 106 Å². The number of rotatable bonds is 4. The van der Waals surface area contributed by atoms with Gasteiger partial charge in [0.1, 0.15) is 0 Å². The first-order valence-corrected chi connectivity index (χ1v) is 6.06. The molecule has 94 valence electrons. The molecule has 2 aromatic rings. The highest BCUT2D eigenvalue weighted by Crippen LogP contribution is 2.08. The fourth-order valence-corrected chi connectivity index (χ4v) is 1.80. The van der Waals surface area contributed by atoms with Crippen molar-refractivity contribution in [1.29, 1.82) is 0 Å². The van der Waals surface area contributed by atoms with E-state index in [4.69, 9.17) is 0 Å². The van der Waals surface area contributed by atoms with Crippen molar-refractivity contribution in [2.45, 2.75) is 26.9 Å². The predicted molar refractivity (Wildman–Crippen MR) is 72.7 cm³/mol. The lowest BCUT2D eigenvalue weighted by molar-refractivity contribution is 0.718. The van der Waals surface area contributed by atoms with Crippen molar-refractivity contribution < 1.29 is 0 Å². The third-order valence-corrected chi connectivity index (χ3v) is 2.96. The molecule has 2 rings (SSSR count). The van der Waals surface area contributed by atoms with E-state index in [9.17, 15) is 4.79 Å². The Hall–Kier alpha value is -2.10. The number of nitrogens with zero attached hydrogens (tertiary/aromatic N) is 2. The zero-order valence-electron chi connectivity index (χ0n) is 10.7. The summed E-state index contributed by atoms with van der Waals surface area (Å²) in [6.07, 6.45) is 3.34. The summed E-state index contributed by atoms with van der Waals surface area (Å²) < 4.78 is 1.63. The summed E-state index contributed by atoms with van der Waals surface area (Å²) in [5.41, 5.74) is 2.30. The Morgan fingerprint density at radius 3 is 2.83 bits per heavy atom. The van der Waals surface area contributed by atoms with Gasteiger partial charge in [-0.15, -0.1) is 0 Å². The van der Waals surface area contributed by atoms with Crippen LogP contribution in [0.2, 0.25) is 0 Å². The summed E-state index contributed by atoms with van der Waals surface area (Å²) in [6, 6.07) is 8.10. The number of hydrogen-bond acceptors (Lipinski definition) is 3. The normalized spacial score (nSPS) is 10.3. The summed E-state index contributed by atoms with van der Waals surface area (Å²) in [5.74, 6) is 0.405. The van der Waals surface area contributed by atoms with Crippen LogP contribution in [0.5, 0.6) is 0 Å². The minimum atomic E-state index is -0.0754. The van der Waals surface area contributed by atoms with Crippen molar-refractivity contribution in [3.8, 4) is 0 Å². The molecule has 0 aliphatic carbocycles. The lowest BCUT2D eigenvalue weighted by Gasteiger charge is -2.09. The van der Waals surface area contributed by atoms with Gasteiger partial charge in [0.2, 0.25) is 0 Å². The number of hydrogen-bond donors (Lipinski definition) is 1. The molecule has 18 heavy (non-hydrogen) atoms. The van der Waals surface area contributed by atoms with Crippen LogP contribution in [0.4, 0.5) is 5.82 Å². The highest BCUT2D eigenvalue weighted by molar-refractivity contribution is 5.35. The van der Waals surface area contributed by atoms with Crippen LogP contribution < -0.4 is 10.9 Å². The fourth-order valence-electron chi connectivity index (χ4n) is 1.80. The average Bonchev–Trinajstić information content (AvgIpc) is 2.39. The van der Waals surface area contributed by atoms with Gasteiger partial charge in [-0.05, 0) is 25.0 Å². The molecule has 0 aliphatic rings. The zero-order valence-corrected chi connectivity index (χ0v) is 10.7. The Kier molecular flexibility index (Phi) is 3.77. The molecule has 4 heteroatoms. The minimum absolute atomic E-state index is 0.0754. The predicted octanol–water partition coefficient (Wildman–Crippen LogP) is 2.18. The number of nitrogens with one attached hydrogen (secondary N) is 1. The molecule has 1 heterocycles. The molecule has 0 aliphatic heterocycles. The van der Waals surface area contributed by atoms with Crippen LogP contribution in [0.25, 0.3) is 0 Å². The first-order chi connectivity index (χ1) is 8.72. The third-order valence-electron chi connectivity index (χ3n) is 2.96. The number of aryl methyl sites for hydroxylation is 2. The molecule has 0 spiro atoms. The van der Waals surface area contributed by atoms with Crippen molar-refractivity contribution in [1.82, 2.24) is 9.55 Å². The second-order valence-corrected chi connectivity index (χ2v) is 4.15. The van der Waals surface area contributed by atoms with E-state index in [1.54, 1.807) is 17.0 Å². The van der Waals surface area contributed by atoms with Gasteiger partial charge in [0.25, 0.3) is 5.56 Å². The minimum Gasteiger partial charge on any atom is -0.361 e. The lowest BCUT2D eigenvalue weighted by atomic mass is 10.1. The van der Waals surface area contributed by atoms with E-state index in [1.807, 2.05) is 25.1 Å². The van der Waals surface area contributed by atoms with E-state index in [0.29, 0.717) is 18.9 Å². The van der Waals surface area contributed by atoms with Gasteiger partial charge >= 0.3 is 0 Å². The molecule has 0 saturated carbocycles. The van der Waals surface area contributed by atoms with E-state index in [0.717, 1.165) is 0 Å².